The van der Waals surface area contributed by atoms with E-state index in [4.69, 9.17) is 9.47 Å². The Morgan fingerprint density at radius 3 is 3.08 bits per heavy atom. The van der Waals surface area contributed by atoms with Crippen LogP contribution in [0.4, 0.5) is 10.6 Å². The molecule has 1 aromatic rings. The maximum absolute atomic E-state index is 11.7. The maximum atomic E-state index is 11.7. The van der Waals surface area contributed by atoms with E-state index >= 15 is 0 Å². The molecule has 1 N–H and O–H groups in total. The van der Waals surface area contributed by atoms with Gasteiger partial charge < -0.3 is 24.6 Å². The van der Waals surface area contributed by atoms with Crippen molar-refractivity contribution < 1.29 is 14.3 Å². The SMILES string of the molecule is COc1cc(N2CC[C@@]3(CCC[C@@H](CNC(=O)N(C)C)O3)C2)ncn1. The van der Waals surface area contributed by atoms with Crippen LogP contribution in [0.5, 0.6) is 5.88 Å². The minimum absolute atomic E-state index is 0.0672. The van der Waals surface area contributed by atoms with E-state index in [-0.39, 0.29) is 17.7 Å². The number of rotatable bonds is 4. The summed E-state index contributed by atoms with van der Waals surface area (Å²) in [5.74, 6) is 1.44. The standard InChI is InChI=1S/C17H27N5O3/c1-21(2)16(23)18-10-13-5-4-6-17(25-13)7-8-22(11-17)14-9-15(24-3)20-12-19-14/h9,12-13H,4-8,10-11H2,1-3H3,(H,18,23)/t13-,17-/m0/s1. The average molecular weight is 349 g/mol. The zero-order valence-electron chi connectivity index (χ0n) is 15.2. The van der Waals surface area contributed by atoms with Crippen LogP contribution in [-0.4, -0.2) is 73.4 Å². The lowest BCUT2D eigenvalue weighted by molar-refractivity contribution is -0.113. The summed E-state index contributed by atoms with van der Waals surface area (Å²) >= 11 is 0. The molecule has 138 valence electrons. The fourth-order valence-corrected chi connectivity index (χ4v) is 3.58. The van der Waals surface area contributed by atoms with Crippen LogP contribution in [0.15, 0.2) is 12.4 Å². The summed E-state index contributed by atoms with van der Waals surface area (Å²) in [7, 11) is 5.08. The summed E-state index contributed by atoms with van der Waals surface area (Å²) < 4.78 is 11.6. The van der Waals surface area contributed by atoms with E-state index in [9.17, 15) is 4.79 Å². The number of hydrogen-bond acceptors (Lipinski definition) is 6. The lowest BCUT2D eigenvalue weighted by Crippen LogP contribution is -2.48. The Labute approximate surface area is 148 Å². The molecule has 25 heavy (non-hydrogen) atoms. The van der Waals surface area contributed by atoms with Gasteiger partial charge in [-0.25, -0.2) is 14.8 Å². The minimum Gasteiger partial charge on any atom is -0.481 e. The molecule has 2 atom stereocenters. The van der Waals surface area contributed by atoms with Gasteiger partial charge in [0.1, 0.15) is 12.1 Å². The second-order valence-electron chi connectivity index (χ2n) is 6.99. The lowest BCUT2D eigenvalue weighted by Gasteiger charge is -2.38. The first-order valence-corrected chi connectivity index (χ1v) is 8.75. The maximum Gasteiger partial charge on any atom is 0.316 e. The lowest BCUT2D eigenvalue weighted by atomic mass is 9.90. The van der Waals surface area contributed by atoms with Gasteiger partial charge in [0.25, 0.3) is 0 Å². The van der Waals surface area contributed by atoms with Gasteiger partial charge in [0, 0.05) is 39.8 Å². The Morgan fingerprint density at radius 1 is 1.48 bits per heavy atom. The number of carbonyl (C=O) groups is 1. The van der Waals surface area contributed by atoms with E-state index in [1.165, 1.54) is 6.33 Å². The molecule has 0 aliphatic carbocycles. The van der Waals surface area contributed by atoms with E-state index in [2.05, 4.69) is 20.2 Å². The largest absolute Gasteiger partial charge is 0.481 e. The van der Waals surface area contributed by atoms with Crippen molar-refractivity contribution in [3.63, 3.8) is 0 Å². The quantitative estimate of drug-likeness (QED) is 0.882. The zero-order valence-corrected chi connectivity index (χ0v) is 15.2. The van der Waals surface area contributed by atoms with Gasteiger partial charge in [0.05, 0.1) is 18.8 Å². The fourth-order valence-electron chi connectivity index (χ4n) is 3.58. The van der Waals surface area contributed by atoms with E-state index in [1.807, 2.05) is 6.07 Å². The Balaban J connectivity index is 1.60. The number of methoxy groups -OCH3 is 1. The first kappa shape index (κ1) is 17.7. The first-order chi connectivity index (χ1) is 12.0. The predicted molar refractivity (Wildman–Crippen MR) is 94.0 cm³/mol. The predicted octanol–water partition coefficient (Wildman–Crippen LogP) is 1.27. The van der Waals surface area contributed by atoms with Crippen molar-refractivity contribution in [2.24, 2.45) is 0 Å². The molecule has 2 saturated heterocycles. The van der Waals surface area contributed by atoms with E-state index in [1.54, 1.807) is 26.1 Å². The summed E-state index contributed by atoms with van der Waals surface area (Å²) in [5, 5.41) is 2.93. The van der Waals surface area contributed by atoms with Crippen molar-refractivity contribution in [2.45, 2.75) is 37.4 Å². The highest BCUT2D eigenvalue weighted by Crippen LogP contribution is 2.38. The van der Waals surface area contributed by atoms with Crippen LogP contribution in [0.25, 0.3) is 0 Å². The number of nitrogens with one attached hydrogen (secondary N) is 1. The van der Waals surface area contributed by atoms with Gasteiger partial charge in [0.15, 0.2) is 0 Å². The van der Waals surface area contributed by atoms with E-state index < -0.39 is 0 Å². The highest BCUT2D eigenvalue weighted by atomic mass is 16.5. The molecule has 0 unspecified atom stereocenters. The highest BCUT2D eigenvalue weighted by molar-refractivity contribution is 5.73. The van der Waals surface area contributed by atoms with Crippen molar-refractivity contribution in [2.75, 3.05) is 45.7 Å². The summed E-state index contributed by atoms with van der Waals surface area (Å²) in [5.41, 5.74) is -0.149. The monoisotopic (exact) mass is 349 g/mol. The molecule has 1 aromatic heterocycles. The molecular formula is C17H27N5O3. The number of aromatic nitrogens is 2. The van der Waals surface area contributed by atoms with Crippen LogP contribution in [-0.2, 0) is 4.74 Å². The first-order valence-electron chi connectivity index (χ1n) is 8.75. The summed E-state index contributed by atoms with van der Waals surface area (Å²) in [4.78, 5) is 23.9. The second kappa shape index (κ2) is 7.43. The smallest absolute Gasteiger partial charge is 0.316 e. The Morgan fingerprint density at radius 2 is 2.32 bits per heavy atom. The van der Waals surface area contributed by atoms with Gasteiger partial charge in [-0.3, -0.25) is 0 Å². The Bertz CT molecular complexity index is 612. The number of hydrogen-bond donors (Lipinski definition) is 1. The average Bonchev–Trinajstić information content (AvgIpc) is 3.03. The molecule has 3 heterocycles. The molecule has 8 nitrogen and oxygen atoms in total. The van der Waals surface area contributed by atoms with Gasteiger partial charge in [-0.05, 0) is 25.7 Å². The van der Waals surface area contributed by atoms with Gasteiger partial charge >= 0.3 is 6.03 Å². The normalized spacial score (nSPS) is 25.9. The van der Waals surface area contributed by atoms with Crippen LogP contribution in [0.1, 0.15) is 25.7 Å². The molecule has 1 spiro atoms. The van der Waals surface area contributed by atoms with Crippen LogP contribution >= 0.6 is 0 Å². The Hall–Kier alpha value is -2.09. The third-order valence-corrected chi connectivity index (χ3v) is 4.94. The molecular weight excluding hydrogens is 322 g/mol. The highest BCUT2D eigenvalue weighted by Gasteiger charge is 2.43. The Kier molecular flexibility index (Phi) is 5.27. The molecule has 2 amide bonds. The van der Waals surface area contributed by atoms with Crippen molar-refractivity contribution in [3.05, 3.63) is 12.4 Å². The van der Waals surface area contributed by atoms with Crippen LogP contribution in [0, 0.1) is 0 Å². The summed E-state index contributed by atoms with van der Waals surface area (Å²) in [6, 6.07) is 1.78. The molecule has 8 heteroatoms. The van der Waals surface area contributed by atoms with Crippen LogP contribution < -0.4 is 15.0 Å². The molecule has 3 rings (SSSR count). The molecule has 0 bridgehead atoms. The molecule has 2 fully saturated rings. The number of carbonyl (C=O) groups excluding carboxylic acids is 1. The van der Waals surface area contributed by atoms with Crippen LogP contribution in [0.3, 0.4) is 0 Å². The van der Waals surface area contributed by atoms with Crippen molar-refractivity contribution in [1.82, 2.24) is 20.2 Å². The minimum atomic E-state index is -0.149. The van der Waals surface area contributed by atoms with E-state index in [0.29, 0.717) is 12.4 Å². The summed E-state index contributed by atoms with van der Waals surface area (Å²) in [6.45, 7) is 2.27. The van der Waals surface area contributed by atoms with E-state index in [0.717, 1.165) is 44.6 Å². The third kappa shape index (κ3) is 4.12. The second-order valence-corrected chi connectivity index (χ2v) is 6.99. The number of anilines is 1. The number of ether oxygens (including phenoxy) is 2. The number of nitrogens with zero attached hydrogens (tertiary/aromatic N) is 4. The molecule has 0 aromatic carbocycles. The third-order valence-electron chi connectivity index (χ3n) is 4.94. The van der Waals surface area contributed by atoms with Crippen molar-refractivity contribution in [1.29, 1.82) is 0 Å². The van der Waals surface area contributed by atoms with Gasteiger partial charge in [-0.2, -0.15) is 0 Å². The van der Waals surface area contributed by atoms with Gasteiger partial charge in [0.2, 0.25) is 5.88 Å². The number of urea groups is 1. The van der Waals surface area contributed by atoms with Crippen LogP contribution in [0.2, 0.25) is 0 Å². The van der Waals surface area contributed by atoms with Gasteiger partial charge in [-0.15, -0.1) is 0 Å². The summed E-state index contributed by atoms with van der Waals surface area (Å²) in [6.07, 6.45) is 5.71. The van der Waals surface area contributed by atoms with Crippen molar-refractivity contribution >= 4 is 11.8 Å². The topological polar surface area (TPSA) is 79.8 Å². The number of amides is 2. The molecule has 2 aliphatic rings. The zero-order chi connectivity index (χ0) is 17.9. The molecule has 2 aliphatic heterocycles. The fraction of sp³-hybridized carbons (Fsp3) is 0.706. The van der Waals surface area contributed by atoms with Gasteiger partial charge in [-0.1, -0.05) is 0 Å². The molecule has 0 radical (unpaired) electrons. The molecule has 0 saturated carbocycles. The van der Waals surface area contributed by atoms with Crippen molar-refractivity contribution in [3.8, 4) is 5.88 Å².